The summed E-state index contributed by atoms with van der Waals surface area (Å²) in [6, 6.07) is 3.86. The summed E-state index contributed by atoms with van der Waals surface area (Å²) in [4.78, 5) is 1.27. The average molecular weight is 191 g/mol. The summed E-state index contributed by atoms with van der Waals surface area (Å²) in [7, 11) is 0. The largest absolute Gasteiger partial charge is 0.205 e. The Morgan fingerprint density at radius 3 is 3.23 bits per heavy atom. The number of thiophene rings is 1. The van der Waals surface area contributed by atoms with Crippen LogP contribution in [0, 0.1) is 11.3 Å². The van der Waals surface area contributed by atoms with E-state index in [1.165, 1.54) is 4.80 Å². The van der Waals surface area contributed by atoms with Gasteiger partial charge in [-0.2, -0.15) is 16.6 Å². The highest BCUT2D eigenvalue weighted by Crippen LogP contribution is 2.16. The molecule has 0 aliphatic heterocycles. The highest BCUT2D eigenvalue weighted by atomic mass is 32.1. The molecule has 0 bridgehead atoms. The second-order valence-corrected chi connectivity index (χ2v) is 3.09. The van der Waals surface area contributed by atoms with Crippen molar-refractivity contribution in [3.05, 3.63) is 16.8 Å². The Balaban J connectivity index is 2.29. The molecule has 0 saturated heterocycles. The van der Waals surface area contributed by atoms with Gasteiger partial charge in [-0.25, -0.2) is 0 Å². The van der Waals surface area contributed by atoms with Crippen LogP contribution in [0.2, 0.25) is 0 Å². The van der Waals surface area contributed by atoms with Crippen molar-refractivity contribution < 1.29 is 0 Å². The fourth-order valence-corrected chi connectivity index (χ4v) is 1.52. The quantitative estimate of drug-likeness (QED) is 0.708. The predicted molar refractivity (Wildman–Crippen MR) is 46.7 cm³/mol. The number of nitrogens with zero attached hydrogens (tertiary/aromatic N) is 5. The summed E-state index contributed by atoms with van der Waals surface area (Å²) in [5.74, 6) is 0.566. The Morgan fingerprint density at radius 1 is 1.62 bits per heavy atom. The smallest absolute Gasteiger partial charge is 0.196 e. The van der Waals surface area contributed by atoms with Crippen molar-refractivity contribution in [2.75, 3.05) is 0 Å². The Labute approximate surface area is 78.2 Å². The van der Waals surface area contributed by atoms with Gasteiger partial charge in [0.15, 0.2) is 0 Å². The van der Waals surface area contributed by atoms with Gasteiger partial charge in [0, 0.05) is 10.9 Å². The minimum absolute atomic E-state index is 0.136. The summed E-state index contributed by atoms with van der Waals surface area (Å²) in [6.45, 7) is 0.136. The van der Waals surface area contributed by atoms with Crippen LogP contribution >= 0.6 is 11.3 Å². The van der Waals surface area contributed by atoms with E-state index in [4.69, 9.17) is 5.26 Å². The van der Waals surface area contributed by atoms with Gasteiger partial charge in [-0.3, -0.25) is 0 Å². The number of tetrazole rings is 1. The molecule has 13 heavy (non-hydrogen) atoms. The van der Waals surface area contributed by atoms with Crippen molar-refractivity contribution in [1.82, 2.24) is 20.2 Å². The summed E-state index contributed by atoms with van der Waals surface area (Å²) in [6.07, 6.45) is 0. The van der Waals surface area contributed by atoms with E-state index in [-0.39, 0.29) is 6.54 Å². The lowest BCUT2D eigenvalue weighted by molar-refractivity contribution is 0.589. The summed E-state index contributed by atoms with van der Waals surface area (Å²) < 4.78 is 0. The molecule has 2 aromatic rings. The van der Waals surface area contributed by atoms with E-state index in [0.29, 0.717) is 5.82 Å². The van der Waals surface area contributed by atoms with Gasteiger partial charge < -0.3 is 0 Å². The molecule has 0 aromatic carbocycles. The lowest BCUT2D eigenvalue weighted by atomic mass is 10.3. The van der Waals surface area contributed by atoms with E-state index in [1.54, 1.807) is 11.3 Å². The van der Waals surface area contributed by atoms with Gasteiger partial charge in [-0.1, -0.05) is 0 Å². The highest BCUT2D eigenvalue weighted by Gasteiger charge is 2.04. The van der Waals surface area contributed by atoms with Crippen LogP contribution in [-0.2, 0) is 6.54 Å². The van der Waals surface area contributed by atoms with Crippen LogP contribution < -0.4 is 0 Å². The maximum Gasteiger partial charge on any atom is 0.205 e. The zero-order chi connectivity index (χ0) is 9.10. The lowest BCUT2D eigenvalue weighted by Gasteiger charge is -1.85. The first-order valence-corrected chi connectivity index (χ1v) is 4.52. The molecule has 0 aliphatic rings. The van der Waals surface area contributed by atoms with Crippen LogP contribution in [0.3, 0.4) is 0 Å². The van der Waals surface area contributed by atoms with Gasteiger partial charge in [0.05, 0.1) is 6.07 Å². The van der Waals surface area contributed by atoms with Crippen LogP contribution in [0.25, 0.3) is 11.4 Å². The normalized spacial score (nSPS) is 9.77. The third-order valence-corrected chi connectivity index (χ3v) is 2.13. The molecule has 0 radical (unpaired) electrons. The Bertz CT molecular complexity index is 424. The molecule has 5 nitrogen and oxygen atoms in total. The SMILES string of the molecule is N#CCn1nnc(-c2ccsc2)n1. The first kappa shape index (κ1) is 7.89. The molecule has 0 fully saturated rings. The van der Waals surface area contributed by atoms with E-state index < -0.39 is 0 Å². The van der Waals surface area contributed by atoms with E-state index >= 15 is 0 Å². The zero-order valence-electron chi connectivity index (χ0n) is 6.58. The van der Waals surface area contributed by atoms with Crippen LogP contribution in [0.5, 0.6) is 0 Å². The molecule has 2 aromatic heterocycles. The van der Waals surface area contributed by atoms with Crippen LogP contribution in [0.4, 0.5) is 0 Å². The number of aromatic nitrogens is 4. The van der Waals surface area contributed by atoms with Crippen LogP contribution in [0.1, 0.15) is 0 Å². The van der Waals surface area contributed by atoms with Gasteiger partial charge in [0.2, 0.25) is 5.82 Å². The number of hydrogen-bond acceptors (Lipinski definition) is 5. The molecule has 0 N–H and O–H groups in total. The summed E-state index contributed by atoms with van der Waals surface area (Å²) >= 11 is 1.57. The van der Waals surface area contributed by atoms with Crippen molar-refractivity contribution in [3.63, 3.8) is 0 Å². The zero-order valence-corrected chi connectivity index (χ0v) is 7.40. The average Bonchev–Trinajstić information content (AvgIpc) is 2.70. The van der Waals surface area contributed by atoms with Gasteiger partial charge in [0.25, 0.3) is 0 Å². The standard InChI is InChI=1S/C7H5N5S/c8-2-3-12-10-7(9-11-12)6-1-4-13-5-6/h1,4-5H,3H2. The highest BCUT2D eigenvalue weighted by molar-refractivity contribution is 7.08. The molecule has 2 heterocycles. The van der Waals surface area contributed by atoms with Crippen molar-refractivity contribution >= 4 is 11.3 Å². The minimum atomic E-state index is 0.136. The fourth-order valence-electron chi connectivity index (χ4n) is 0.881. The monoisotopic (exact) mass is 191 g/mol. The first-order chi connectivity index (χ1) is 6.40. The first-order valence-electron chi connectivity index (χ1n) is 3.57. The second-order valence-electron chi connectivity index (χ2n) is 2.31. The molecule has 6 heteroatoms. The number of hydrogen-bond donors (Lipinski definition) is 0. The maximum absolute atomic E-state index is 8.38. The summed E-state index contributed by atoms with van der Waals surface area (Å²) in [5.41, 5.74) is 0.939. The third-order valence-electron chi connectivity index (χ3n) is 1.44. The van der Waals surface area contributed by atoms with Gasteiger partial charge in [-0.05, 0) is 16.7 Å². The number of rotatable bonds is 2. The molecule has 2 rings (SSSR count). The van der Waals surface area contributed by atoms with E-state index in [9.17, 15) is 0 Å². The molecule has 64 valence electrons. The van der Waals surface area contributed by atoms with Gasteiger partial charge in [0.1, 0.15) is 6.54 Å². The van der Waals surface area contributed by atoms with Crippen molar-refractivity contribution in [2.24, 2.45) is 0 Å². The lowest BCUT2D eigenvalue weighted by Crippen LogP contribution is -1.99. The molecule has 0 amide bonds. The molecular formula is C7H5N5S. The minimum Gasteiger partial charge on any atom is -0.196 e. The van der Waals surface area contributed by atoms with E-state index in [1.807, 2.05) is 22.9 Å². The molecule has 0 aliphatic carbocycles. The van der Waals surface area contributed by atoms with Crippen molar-refractivity contribution in [3.8, 4) is 17.5 Å². The molecule has 0 atom stereocenters. The van der Waals surface area contributed by atoms with Gasteiger partial charge >= 0.3 is 0 Å². The molecular weight excluding hydrogens is 186 g/mol. The van der Waals surface area contributed by atoms with Crippen molar-refractivity contribution in [2.45, 2.75) is 6.54 Å². The van der Waals surface area contributed by atoms with E-state index in [0.717, 1.165) is 5.56 Å². The van der Waals surface area contributed by atoms with Gasteiger partial charge in [-0.15, -0.1) is 15.0 Å². The summed E-state index contributed by atoms with van der Waals surface area (Å²) in [5, 5.41) is 23.8. The fraction of sp³-hybridized carbons (Fsp3) is 0.143. The Hall–Kier alpha value is -1.74. The third kappa shape index (κ3) is 1.55. The molecule has 0 spiro atoms. The Morgan fingerprint density at radius 2 is 2.54 bits per heavy atom. The van der Waals surface area contributed by atoms with Crippen molar-refractivity contribution in [1.29, 1.82) is 5.26 Å². The molecule has 0 saturated carbocycles. The van der Waals surface area contributed by atoms with E-state index in [2.05, 4.69) is 15.4 Å². The predicted octanol–water partition coefficient (Wildman–Crippen LogP) is 0.925. The van der Waals surface area contributed by atoms with Crippen LogP contribution in [0.15, 0.2) is 16.8 Å². The van der Waals surface area contributed by atoms with Crippen LogP contribution in [-0.4, -0.2) is 20.2 Å². The topological polar surface area (TPSA) is 67.4 Å². The molecule has 0 unspecified atom stereocenters. The second kappa shape index (κ2) is 3.33. The Kier molecular flexibility index (Phi) is 2.02. The number of nitriles is 1. The maximum atomic E-state index is 8.38.